The van der Waals surface area contributed by atoms with E-state index in [2.05, 4.69) is 374 Å². The van der Waals surface area contributed by atoms with Crippen molar-refractivity contribution in [2.45, 2.75) is 0 Å². The van der Waals surface area contributed by atoms with Crippen molar-refractivity contribution in [1.29, 1.82) is 0 Å². The van der Waals surface area contributed by atoms with Gasteiger partial charge in [-0.2, -0.15) is 12.1 Å². The molecule has 0 bridgehead atoms. The number of hydrogen-bond donors (Lipinski definition) is 0. The number of benzene rings is 14. The summed E-state index contributed by atoms with van der Waals surface area (Å²) in [5, 5.41) is 0. The summed E-state index contributed by atoms with van der Waals surface area (Å²) in [6.45, 7) is 0. The molecular formula is C114H70Ir2N6. The zero-order valence-corrected chi connectivity index (χ0v) is 70.6. The molecule has 0 saturated heterocycles. The monoisotopic (exact) mass is 1910 g/mol. The zero-order valence-electron chi connectivity index (χ0n) is 65.8. The fourth-order valence-corrected chi connectivity index (χ4v) is 16.2. The molecule has 0 unspecified atom stereocenters. The van der Waals surface area contributed by atoms with Crippen molar-refractivity contribution in [3.05, 3.63) is 462 Å². The molecule has 0 amide bonds. The normalized spacial score (nSPS) is 11.0. The standard InChI is InChI=1S/C114H70N6.2Ir/c1-3-23-77(24-4-1)87-61-65-117-113(73-87)85-53-45-81(46-54-85)99-29-9-15-35-105(99)93-67-91(103-33-13-7-27-97(103)79-41-49-83(50-42-79)109-39-19-21-63-115-109)69-95(71-93)107-37-17-11-31-101(107)89-57-59-111(119-75-89)112-60-58-90(76-120-112)102-32-12-18-38-108(102)96-70-92(104-34-14-8-28-98(104)80-43-51-84(52-44-80)110-40-20-22-64-116-110)68-94(72-96)106-36-16-10-30-100(106)82-47-55-86(56-48-82)114-74-88(62-66-118-114)78-25-5-2-6-26-78;;/h1-49,51,53,55,57-58,61-76H;;/q-6;2*+3. The first kappa shape index (κ1) is 78.5. The molecule has 0 aliphatic heterocycles. The first-order chi connectivity index (χ1) is 59.5. The van der Waals surface area contributed by atoms with E-state index in [1.54, 1.807) is 0 Å². The van der Waals surface area contributed by atoms with Crippen molar-refractivity contribution in [3.8, 4) is 212 Å². The van der Waals surface area contributed by atoms with Crippen LogP contribution in [0.15, 0.2) is 425 Å². The van der Waals surface area contributed by atoms with E-state index in [-0.39, 0.29) is 40.2 Å². The molecule has 0 radical (unpaired) electrons. The summed E-state index contributed by atoms with van der Waals surface area (Å²) in [7, 11) is 0. The maximum Gasteiger partial charge on any atom is 3.00 e. The predicted octanol–water partition coefficient (Wildman–Crippen LogP) is 28.5. The number of aromatic nitrogens is 6. The van der Waals surface area contributed by atoms with Crippen LogP contribution in [0.25, 0.3) is 212 Å². The Hall–Kier alpha value is -14.7. The average molecular weight is 1910 g/mol. The van der Waals surface area contributed by atoms with Crippen LogP contribution in [0.3, 0.4) is 0 Å². The van der Waals surface area contributed by atoms with Gasteiger partial charge in [0.2, 0.25) is 0 Å². The molecule has 0 aliphatic carbocycles. The SMILES string of the molecule is [Ir+3].[Ir+3].[c-]1cc(-c2ccccc2-c2cc(-c3ccccc3-c3c[c-]c(-c4cc(-c5ccccc5)ccn4)cc3)cc(-c3ccccc3-c3c[c-]c(-c4[c-]cc(-c5ccccc5-c5cc(-c6ccccc6-c6c[c-]c(-c7ccccn7)cc6)cc(-c6ccccc6-c6c[c-]c(-c7cc(-c8ccccc8)ccn7)cc6)c5)cn4)nc3)c2)ccc1-c1ccccn1. The Bertz CT molecular complexity index is 6640. The molecule has 20 rings (SSSR count). The van der Waals surface area contributed by atoms with Crippen molar-refractivity contribution in [3.63, 3.8) is 0 Å². The van der Waals surface area contributed by atoms with Gasteiger partial charge in [-0.15, -0.1) is 131 Å². The van der Waals surface area contributed by atoms with Gasteiger partial charge in [-0.25, -0.2) is 12.1 Å². The quantitative estimate of drug-likeness (QED) is 0.0751. The van der Waals surface area contributed by atoms with Gasteiger partial charge < -0.3 is 29.9 Å². The minimum absolute atomic E-state index is 0. The molecule has 122 heavy (non-hydrogen) atoms. The van der Waals surface area contributed by atoms with Crippen LogP contribution in [0.4, 0.5) is 0 Å². The Morgan fingerprint density at radius 1 is 0.148 bits per heavy atom. The number of rotatable bonds is 19. The molecule has 574 valence electrons. The fourth-order valence-electron chi connectivity index (χ4n) is 16.2. The average Bonchev–Trinajstić information content (AvgIpc) is 0.768. The third-order valence-electron chi connectivity index (χ3n) is 22.2. The van der Waals surface area contributed by atoms with Gasteiger partial charge in [0.1, 0.15) is 0 Å². The number of pyridine rings is 6. The number of nitrogens with zero attached hydrogens (tertiary/aromatic N) is 6. The molecule has 14 aromatic carbocycles. The smallest absolute Gasteiger partial charge is 0.357 e. The van der Waals surface area contributed by atoms with Gasteiger partial charge in [0, 0.05) is 24.8 Å². The fraction of sp³-hybridized carbons (Fsp3) is 0. The van der Waals surface area contributed by atoms with Gasteiger partial charge >= 0.3 is 40.2 Å². The van der Waals surface area contributed by atoms with Crippen molar-refractivity contribution < 1.29 is 40.2 Å². The van der Waals surface area contributed by atoms with Crippen LogP contribution in [0, 0.1) is 36.4 Å². The molecule has 0 saturated carbocycles. The van der Waals surface area contributed by atoms with Crippen LogP contribution in [-0.4, -0.2) is 29.9 Å². The van der Waals surface area contributed by atoms with Crippen LogP contribution in [0.1, 0.15) is 0 Å². The molecule has 0 atom stereocenters. The predicted molar refractivity (Wildman–Crippen MR) is 490 cm³/mol. The minimum Gasteiger partial charge on any atom is -0.357 e. The molecule has 0 N–H and O–H groups in total. The van der Waals surface area contributed by atoms with E-state index in [4.69, 9.17) is 19.9 Å². The number of hydrogen-bond acceptors (Lipinski definition) is 6. The summed E-state index contributed by atoms with van der Waals surface area (Å²) in [6, 6.07) is 158. The Labute approximate surface area is 738 Å². The summed E-state index contributed by atoms with van der Waals surface area (Å²) in [5.74, 6) is 0. The summed E-state index contributed by atoms with van der Waals surface area (Å²) < 4.78 is 0. The summed E-state index contributed by atoms with van der Waals surface area (Å²) >= 11 is 0. The molecule has 6 heterocycles. The third-order valence-corrected chi connectivity index (χ3v) is 22.2. The van der Waals surface area contributed by atoms with E-state index in [0.29, 0.717) is 11.4 Å². The van der Waals surface area contributed by atoms with E-state index in [0.717, 1.165) is 201 Å². The van der Waals surface area contributed by atoms with Gasteiger partial charge in [0.05, 0.1) is 0 Å². The second kappa shape index (κ2) is 35.8. The Balaban J connectivity index is 0.00000508. The Morgan fingerprint density at radius 2 is 0.385 bits per heavy atom. The van der Waals surface area contributed by atoms with Gasteiger partial charge in [-0.1, -0.05) is 309 Å². The molecule has 0 aliphatic rings. The van der Waals surface area contributed by atoms with Crippen molar-refractivity contribution in [1.82, 2.24) is 29.9 Å². The van der Waals surface area contributed by atoms with Gasteiger partial charge in [-0.3, -0.25) is 0 Å². The zero-order chi connectivity index (χ0) is 79.9. The molecule has 0 spiro atoms. The molecule has 20 aromatic rings. The Morgan fingerprint density at radius 3 is 0.631 bits per heavy atom. The van der Waals surface area contributed by atoms with Crippen LogP contribution in [-0.2, 0) is 40.2 Å². The first-order valence-electron chi connectivity index (χ1n) is 40.1. The van der Waals surface area contributed by atoms with E-state index < -0.39 is 0 Å². The van der Waals surface area contributed by atoms with Gasteiger partial charge in [-0.05, 0) is 185 Å². The first-order valence-corrected chi connectivity index (χ1v) is 40.1. The maximum absolute atomic E-state index is 5.13. The van der Waals surface area contributed by atoms with Crippen molar-refractivity contribution >= 4 is 0 Å². The van der Waals surface area contributed by atoms with Gasteiger partial charge in [0.15, 0.2) is 0 Å². The molecule has 8 heteroatoms. The van der Waals surface area contributed by atoms with Crippen LogP contribution >= 0.6 is 0 Å². The molecule has 0 fully saturated rings. The molecule has 6 nitrogen and oxygen atoms in total. The van der Waals surface area contributed by atoms with E-state index in [9.17, 15) is 0 Å². The van der Waals surface area contributed by atoms with Crippen molar-refractivity contribution in [2.75, 3.05) is 0 Å². The van der Waals surface area contributed by atoms with Crippen LogP contribution in [0.5, 0.6) is 0 Å². The minimum atomic E-state index is 0. The summed E-state index contributed by atoms with van der Waals surface area (Å²) in [4.78, 5) is 29.1. The Kier molecular flexibility index (Phi) is 23.1. The third kappa shape index (κ3) is 16.5. The van der Waals surface area contributed by atoms with E-state index in [1.165, 1.54) is 0 Å². The second-order valence-corrected chi connectivity index (χ2v) is 29.6. The molecule has 6 aromatic heterocycles. The molecular weight excluding hydrogens is 1840 g/mol. The van der Waals surface area contributed by atoms with Crippen molar-refractivity contribution in [2.24, 2.45) is 0 Å². The van der Waals surface area contributed by atoms with Crippen LogP contribution in [0.2, 0.25) is 0 Å². The summed E-state index contributed by atoms with van der Waals surface area (Å²) in [6.07, 6.45) is 11.3. The van der Waals surface area contributed by atoms with E-state index >= 15 is 0 Å². The van der Waals surface area contributed by atoms with Crippen LogP contribution < -0.4 is 0 Å². The maximum atomic E-state index is 5.13. The second-order valence-electron chi connectivity index (χ2n) is 29.6. The van der Waals surface area contributed by atoms with E-state index in [1.807, 2.05) is 97.8 Å². The summed E-state index contributed by atoms with van der Waals surface area (Å²) in [5.41, 5.74) is 38.0. The topological polar surface area (TPSA) is 77.3 Å². The van der Waals surface area contributed by atoms with Gasteiger partial charge in [0.25, 0.3) is 0 Å². The largest absolute Gasteiger partial charge is 3.00 e.